The van der Waals surface area contributed by atoms with Crippen molar-refractivity contribution in [1.29, 1.82) is 0 Å². The van der Waals surface area contributed by atoms with Gasteiger partial charge in [0.2, 0.25) is 0 Å². The molecule has 1 fully saturated rings. The number of aliphatic hydroxyl groups excluding tert-OH is 1. The molecule has 3 nitrogen and oxygen atoms in total. The fraction of sp³-hybridized carbons (Fsp3) is 1.00. The van der Waals surface area contributed by atoms with Crippen LogP contribution in [0.1, 0.15) is 46.0 Å². The number of hydrogen-bond donors (Lipinski definition) is 2. The average molecular weight is 310 g/mol. The zero-order valence-electron chi connectivity index (χ0n) is 13.2. The van der Waals surface area contributed by atoms with E-state index in [9.17, 15) is 18.3 Å². The molecule has 1 heterocycles. The number of unbranched alkanes of at least 4 members (excludes halogenated alkanes) is 1. The molecule has 0 amide bonds. The van der Waals surface area contributed by atoms with Crippen LogP contribution in [0.4, 0.5) is 13.2 Å². The van der Waals surface area contributed by atoms with E-state index in [1.165, 1.54) is 0 Å². The summed E-state index contributed by atoms with van der Waals surface area (Å²) >= 11 is 0. The lowest BCUT2D eigenvalue weighted by molar-refractivity contribution is -0.186. The Balaban J connectivity index is 2.26. The number of nitrogens with one attached hydrogen (secondary N) is 1. The van der Waals surface area contributed by atoms with Crippen molar-refractivity contribution in [2.45, 2.75) is 57.7 Å². The van der Waals surface area contributed by atoms with Crippen LogP contribution in [0.2, 0.25) is 0 Å². The fourth-order valence-corrected chi connectivity index (χ4v) is 3.03. The number of nitrogens with zero attached hydrogens (tertiary/aromatic N) is 1. The van der Waals surface area contributed by atoms with E-state index in [-0.39, 0.29) is 25.1 Å². The van der Waals surface area contributed by atoms with Gasteiger partial charge in [0, 0.05) is 12.1 Å². The molecule has 1 aliphatic rings. The summed E-state index contributed by atoms with van der Waals surface area (Å²) in [7, 11) is 0. The van der Waals surface area contributed by atoms with Gasteiger partial charge in [0.15, 0.2) is 0 Å². The van der Waals surface area contributed by atoms with Crippen molar-refractivity contribution in [3.63, 3.8) is 0 Å². The highest BCUT2D eigenvalue weighted by atomic mass is 19.4. The molecule has 0 aliphatic carbocycles. The van der Waals surface area contributed by atoms with Gasteiger partial charge in [-0.1, -0.05) is 13.3 Å². The van der Waals surface area contributed by atoms with Gasteiger partial charge in [-0.25, -0.2) is 0 Å². The van der Waals surface area contributed by atoms with E-state index in [0.29, 0.717) is 6.42 Å². The monoisotopic (exact) mass is 310 g/mol. The summed E-state index contributed by atoms with van der Waals surface area (Å²) in [5, 5.41) is 12.7. The van der Waals surface area contributed by atoms with Gasteiger partial charge in [0.1, 0.15) is 0 Å². The zero-order valence-corrected chi connectivity index (χ0v) is 13.2. The van der Waals surface area contributed by atoms with Gasteiger partial charge in [0.05, 0.1) is 12.5 Å². The van der Waals surface area contributed by atoms with Crippen LogP contribution in [0.3, 0.4) is 0 Å². The van der Waals surface area contributed by atoms with E-state index in [0.717, 1.165) is 38.9 Å². The fourth-order valence-electron chi connectivity index (χ4n) is 3.03. The topological polar surface area (TPSA) is 35.5 Å². The third kappa shape index (κ3) is 6.53. The first kappa shape index (κ1) is 18.7. The Hall–Kier alpha value is -0.330. The van der Waals surface area contributed by atoms with E-state index < -0.39 is 12.1 Å². The molecule has 0 saturated carbocycles. The van der Waals surface area contributed by atoms with Crippen LogP contribution in [0.5, 0.6) is 0 Å². The summed E-state index contributed by atoms with van der Waals surface area (Å²) in [6.45, 7) is 6.51. The average Bonchev–Trinajstić information content (AvgIpc) is 2.43. The Morgan fingerprint density at radius 2 is 2.00 bits per heavy atom. The molecule has 2 unspecified atom stereocenters. The van der Waals surface area contributed by atoms with Crippen LogP contribution in [-0.2, 0) is 0 Å². The van der Waals surface area contributed by atoms with Crippen molar-refractivity contribution in [3.05, 3.63) is 0 Å². The number of aliphatic hydroxyl groups is 1. The molecule has 6 heteroatoms. The first-order chi connectivity index (χ1) is 9.80. The normalized spacial score (nSPS) is 24.0. The number of likely N-dealkylation sites (tertiary alicyclic amines) is 1. The number of alkyl halides is 3. The molecule has 21 heavy (non-hydrogen) atoms. The lowest BCUT2D eigenvalue weighted by atomic mass is 9.94. The van der Waals surface area contributed by atoms with E-state index in [2.05, 4.69) is 5.32 Å². The molecule has 1 aliphatic heterocycles. The SMILES string of the molecule is CCNC(C)(CO)CCCCN1CCCC(C(F)(F)F)C1. The van der Waals surface area contributed by atoms with Gasteiger partial charge in [0.25, 0.3) is 0 Å². The minimum atomic E-state index is -4.06. The lowest BCUT2D eigenvalue weighted by Crippen LogP contribution is -2.45. The van der Waals surface area contributed by atoms with Gasteiger partial charge in [-0.3, -0.25) is 0 Å². The van der Waals surface area contributed by atoms with Gasteiger partial charge in [-0.2, -0.15) is 13.2 Å². The Morgan fingerprint density at radius 1 is 1.29 bits per heavy atom. The number of halogens is 3. The van der Waals surface area contributed by atoms with Crippen molar-refractivity contribution < 1.29 is 18.3 Å². The second-order valence-electron chi connectivity index (χ2n) is 6.39. The molecule has 126 valence electrons. The molecular weight excluding hydrogens is 281 g/mol. The third-order valence-corrected chi connectivity index (χ3v) is 4.37. The molecule has 0 aromatic rings. The maximum Gasteiger partial charge on any atom is 0.393 e. The minimum absolute atomic E-state index is 0.0840. The molecule has 0 bridgehead atoms. The molecule has 2 atom stereocenters. The first-order valence-electron chi connectivity index (χ1n) is 7.95. The van der Waals surface area contributed by atoms with Gasteiger partial charge >= 0.3 is 6.18 Å². The largest absolute Gasteiger partial charge is 0.394 e. The Bertz CT molecular complexity index is 299. The van der Waals surface area contributed by atoms with Crippen LogP contribution >= 0.6 is 0 Å². The number of rotatable bonds is 8. The van der Waals surface area contributed by atoms with E-state index in [1.807, 2.05) is 18.7 Å². The molecule has 0 aromatic carbocycles. The summed E-state index contributed by atoms with van der Waals surface area (Å²) in [4.78, 5) is 1.94. The summed E-state index contributed by atoms with van der Waals surface area (Å²) in [5.74, 6) is -1.16. The highest BCUT2D eigenvalue weighted by Crippen LogP contribution is 2.33. The number of hydrogen-bond acceptors (Lipinski definition) is 3. The van der Waals surface area contributed by atoms with Crippen LogP contribution in [0.25, 0.3) is 0 Å². The standard InChI is InChI=1S/C15H29F3N2O/c1-3-19-14(2,12-21)8-4-5-9-20-10-6-7-13(11-20)15(16,17)18/h13,19,21H,3-12H2,1-2H3. The molecule has 2 N–H and O–H groups in total. The maximum absolute atomic E-state index is 12.7. The van der Waals surface area contributed by atoms with E-state index >= 15 is 0 Å². The first-order valence-corrected chi connectivity index (χ1v) is 7.95. The molecule has 0 aromatic heterocycles. The van der Waals surface area contributed by atoms with Crippen molar-refractivity contribution >= 4 is 0 Å². The highest BCUT2D eigenvalue weighted by molar-refractivity contribution is 4.82. The summed E-state index contributed by atoms with van der Waals surface area (Å²) < 4.78 is 38.2. The van der Waals surface area contributed by atoms with Crippen molar-refractivity contribution in [1.82, 2.24) is 10.2 Å². The summed E-state index contributed by atoms with van der Waals surface area (Å²) in [6, 6.07) is 0. The third-order valence-electron chi connectivity index (χ3n) is 4.37. The number of likely N-dealkylation sites (N-methyl/N-ethyl adjacent to an activating group) is 1. The smallest absolute Gasteiger partial charge is 0.393 e. The lowest BCUT2D eigenvalue weighted by Gasteiger charge is -2.34. The molecule has 1 rings (SSSR count). The summed E-state index contributed by atoms with van der Waals surface area (Å²) in [5.41, 5.74) is -0.273. The highest BCUT2D eigenvalue weighted by Gasteiger charge is 2.41. The van der Waals surface area contributed by atoms with Crippen LogP contribution in [0, 0.1) is 5.92 Å². The van der Waals surface area contributed by atoms with Gasteiger partial charge < -0.3 is 15.3 Å². The van der Waals surface area contributed by atoms with E-state index in [1.54, 1.807) is 0 Å². The predicted molar refractivity (Wildman–Crippen MR) is 78.2 cm³/mol. The Kier molecular flexibility index (Phi) is 7.44. The Labute approximate surface area is 125 Å². The molecule has 0 spiro atoms. The second-order valence-corrected chi connectivity index (χ2v) is 6.39. The molecule has 1 saturated heterocycles. The van der Waals surface area contributed by atoms with Crippen LogP contribution in [0.15, 0.2) is 0 Å². The van der Waals surface area contributed by atoms with Crippen molar-refractivity contribution in [2.75, 3.05) is 32.8 Å². The van der Waals surface area contributed by atoms with Crippen LogP contribution in [-0.4, -0.2) is 54.5 Å². The zero-order chi connectivity index (χ0) is 15.9. The maximum atomic E-state index is 12.7. The van der Waals surface area contributed by atoms with Gasteiger partial charge in [-0.05, 0) is 52.2 Å². The van der Waals surface area contributed by atoms with Crippen molar-refractivity contribution in [3.8, 4) is 0 Å². The predicted octanol–water partition coefficient (Wildman–Crippen LogP) is 2.79. The van der Waals surface area contributed by atoms with E-state index in [4.69, 9.17) is 0 Å². The number of piperidine rings is 1. The van der Waals surface area contributed by atoms with Crippen LogP contribution < -0.4 is 5.32 Å². The Morgan fingerprint density at radius 3 is 2.57 bits per heavy atom. The van der Waals surface area contributed by atoms with Gasteiger partial charge in [-0.15, -0.1) is 0 Å². The minimum Gasteiger partial charge on any atom is -0.394 e. The quantitative estimate of drug-likeness (QED) is 0.677. The molecule has 0 radical (unpaired) electrons. The van der Waals surface area contributed by atoms with Crippen molar-refractivity contribution in [2.24, 2.45) is 5.92 Å². The summed E-state index contributed by atoms with van der Waals surface area (Å²) in [6.07, 6.45) is -0.519. The molecular formula is C15H29F3N2O. The second kappa shape index (κ2) is 8.34.